The van der Waals surface area contributed by atoms with Crippen LogP contribution in [0.5, 0.6) is 0 Å². The summed E-state index contributed by atoms with van der Waals surface area (Å²) in [5.41, 5.74) is 15.2. The van der Waals surface area contributed by atoms with Crippen molar-refractivity contribution in [2.75, 3.05) is 13.1 Å². The second-order valence-corrected chi connectivity index (χ2v) is 7.61. The first-order valence-electron chi connectivity index (χ1n) is 10.6. The van der Waals surface area contributed by atoms with Crippen LogP contribution in [0.1, 0.15) is 42.4 Å². The molecule has 3 heteroatoms. The number of nitrogens with one attached hydrogen (secondary N) is 1. The third-order valence-electron chi connectivity index (χ3n) is 5.54. The molecule has 1 unspecified atom stereocenters. The fourth-order valence-corrected chi connectivity index (χ4v) is 4.04. The van der Waals surface area contributed by atoms with Gasteiger partial charge in [0.25, 0.3) is 0 Å². The molecule has 29 heavy (non-hydrogen) atoms. The summed E-state index contributed by atoms with van der Waals surface area (Å²) in [6.45, 7) is 1.60. The molecular formula is C26H33N3. The first-order valence-corrected chi connectivity index (χ1v) is 10.6. The quantitative estimate of drug-likeness (QED) is 0.337. The molecule has 0 fully saturated rings. The molecule has 0 aliphatic heterocycles. The molecule has 0 aliphatic rings. The van der Waals surface area contributed by atoms with Crippen LogP contribution in [0.3, 0.4) is 0 Å². The fraction of sp³-hybridized carbons (Fsp3) is 0.308. The summed E-state index contributed by atoms with van der Waals surface area (Å²) in [4.78, 5) is 0. The maximum absolute atomic E-state index is 6.26. The topological polar surface area (TPSA) is 64.1 Å². The normalized spacial score (nSPS) is 12.6. The molecular weight excluding hydrogens is 354 g/mol. The minimum Gasteiger partial charge on any atom is -0.330 e. The van der Waals surface area contributed by atoms with Crippen molar-refractivity contribution < 1.29 is 0 Å². The monoisotopic (exact) mass is 387 g/mol. The van der Waals surface area contributed by atoms with Gasteiger partial charge in [-0.05, 0) is 55.5 Å². The van der Waals surface area contributed by atoms with E-state index in [0.29, 0.717) is 6.54 Å². The number of rotatable bonds is 11. The molecule has 1 atom stereocenters. The smallest absolute Gasteiger partial charge is 0.0947 e. The van der Waals surface area contributed by atoms with Gasteiger partial charge in [0.1, 0.15) is 0 Å². The van der Waals surface area contributed by atoms with Gasteiger partial charge >= 0.3 is 0 Å². The Kier molecular flexibility index (Phi) is 8.00. The minimum atomic E-state index is -0.398. The lowest BCUT2D eigenvalue weighted by molar-refractivity contribution is 0.442. The predicted octanol–water partition coefficient (Wildman–Crippen LogP) is 4.41. The minimum absolute atomic E-state index is 0.222. The lowest BCUT2D eigenvalue weighted by Gasteiger charge is -2.37. The fourth-order valence-electron chi connectivity index (χ4n) is 4.04. The molecule has 0 spiro atoms. The van der Waals surface area contributed by atoms with Gasteiger partial charge < -0.3 is 11.5 Å². The van der Waals surface area contributed by atoms with Crippen molar-refractivity contribution in [2.24, 2.45) is 11.5 Å². The van der Waals surface area contributed by atoms with E-state index in [9.17, 15) is 0 Å². The van der Waals surface area contributed by atoms with Crippen LogP contribution in [0.25, 0.3) is 0 Å². The summed E-state index contributed by atoms with van der Waals surface area (Å²) in [7, 11) is 0. The highest BCUT2D eigenvalue weighted by molar-refractivity contribution is 5.49. The first kappa shape index (κ1) is 21.3. The van der Waals surface area contributed by atoms with Crippen LogP contribution in [-0.2, 0) is 5.54 Å². The van der Waals surface area contributed by atoms with Gasteiger partial charge in [-0.1, -0.05) is 91.0 Å². The molecule has 0 aliphatic carbocycles. The van der Waals surface area contributed by atoms with E-state index >= 15 is 0 Å². The van der Waals surface area contributed by atoms with Crippen molar-refractivity contribution in [3.05, 3.63) is 108 Å². The van der Waals surface area contributed by atoms with Gasteiger partial charge in [0, 0.05) is 6.04 Å². The standard InChI is InChI=1S/C26H33N3/c27-20-10-18-25(28)19-11-21-29-26(22-12-4-1-5-13-22,23-14-6-2-7-15-23)24-16-8-3-9-17-24/h1-9,12-17,25,29H,10-11,18-21,27-28H2. The van der Waals surface area contributed by atoms with Crippen LogP contribution >= 0.6 is 0 Å². The average molecular weight is 388 g/mol. The second-order valence-electron chi connectivity index (χ2n) is 7.61. The van der Waals surface area contributed by atoms with Gasteiger partial charge in [-0.25, -0.2) is 0 Å². The van der Waals surface area contributed by atoms with E-state index in [0.717, 1.165) is 32.2 Å². The van der Waals surface area contributed by atoms with Gasteiger partial charge in [0.15, 0.2) is 0 Å². The van der Waals surface area contributed by atoms with E-state index < -0.39 is 5.54 Å². The summed E-state index contributed by atoms with van der Waals surface area (Å²) in [5, 5.41) is 3.91. The van der Waals surface area contributed by atoms with Crippen molar-refractivity contribution in [1.82, 2.24) is 5.32 Å². The summed E-state index contributed by atoms with van der Waals surface area (Å²) in [6.07, 6.45) is 4.02. The van der Waals surface area contributed by atoms with E-state index in [-0.39, 0.29) is 6.04 Å². The number of benzene rings is 3. The Labute approximate surface area is 175 Å². The Morgan fingerprint density at radius 1 is 0.655 bits per heavy atom. The molecule has 3 aromatic carbocycles. The summed E-state index contributed by atoms with van der Waals surface area (Å²) in [6, 6.07) is 32.4. The number of nitrogens with two attached hydrogens (primary N) is 2. The van der Waals surface area contributed by atoms with E-state index in [1.807, 2.05) is 0 Å². The van der Waals surface area contributed by atoms with Gasteiger partial charge in [-0.3, -0.25) is 5.32 Å². The molecule has 0 amide bonds. The third kappa shape index (κ3) is 5.33. The molecule has 0 heterocycles. The van der Waals surface area contributed by atoms with Crippen molar-refractivity contribution in [3.63, 3.8) is 0 Å². The third-order valence-corrected chi connectivity index (χ3v) is 5.54. The highest BCUT2D eigenvalue weighted by Crippen LogP contribution is 2.36. The van der Waals surface area contributed by atoms with Gasteiger partial charge in [0.05, 0.1) is 5.54 Å². The summed E-state index contributed by atoms with van der Waals surface area (Å²) in [5.74, 6) is 0. The largest absolute Gasteiger partial charge is 0.330 e. The zero-order valence-electron chi connectivity index (χ0n) is 17.1. The van der Waals surface area contributed by atoms with Crippen LogP contribution in [0.15, 0.2) is 91.0 Å². The van der Waals surface area contributed by atoms with Crippen molar-refractivity contribution in [3.8, 4) is 0 Å². The highest BCUT2D eigenvalue weighted by Gasteiger charge is 2.35. The van der Waals surface area contributed by atoms with E-state index in [1.54, 1.807) is 0 Å². The molecule has 3 aromatic rings. The Hall–Kier alpha value is -2.46. The molecule has 3 nitrogen and oxygen atoms in total. The molecule has 5 N–H and O–H groups in total. The van der Waals surface area contributed by atoms with Gasteiger partial charge in [-0.2, -0.15) is 0 Å². The van der Waals surface area contributed by atoms with E-state index in [4.69, 9.17) is 11.5 Å². The zero-order chi connectivity index (χ0) is 20.4. The van der Waals surface area contributed by atoms with Crippen molar-refractivity contribution >= 4 is 0 Å². The summed E-state index contributed by atoms with van der Waals surface area (Å²) >= 11 is 0. The van der Waals surface area contributed by atoms with Crippen molar-refractivity contribution in [1.29, 1.82) is 0 Å². The molecule has 152 valence electrons. The molecule has 0 saturated heterocycles. The van der Waals surface area contributed by atoms with Crippen LogP contribution < -0.4 is 16.8 Å². The Bertz CT molecular complexity index is 722. The molecule has 0 radical (unpaired) electrons. The molecule has 3 rings (SSSR count). The van der Waals surface area contributed by atoms with Gasteiger partial charge in [-0.15, -0.1) is 0 Å². The zero-order valence-corrected chi connectivity index (χ0v) is 17.1. The maximum Gasteiger partial charge on any atom is 0.0947 e. The van der Waals surface area contributed by atoms with Crippen LogP contribution in [0, 0.1) is 0 Å². The Morgan fingerprint density at radius 3 is 1.48 bits per heavy atom. The second kappa shape index (κ2) is 10.9. The number of hydrogen-bond acceptors (Lipinski definition) is 3. The molecule has 0 bridgehead atoms. The molecule has 0 saturated carbocycles. The van der Waals surface area contributed by atoms with Crippen LogP contribution in [0.2, 0.25) is 0 Å². The van der Waals surface area contributed by atoms with Crippen LogP contribution in [-0.4, -0.2) is 19.1 Å². The highest BCUT2D eigenvalue weighted by atomic mass is 15.0. The maximum atomic E-state index is 6.26. The predicted molar refractivity (Wildman–Crippen MR) is 123 cm³/mol. The SMILES string of the molecule is NCCCC(N)CCCNC(c1ccccc1)(c1ccccc1)c1ccccc1. The Morgan fingerprint density at radius 2 is 1.07 bits per heavy atom. The van der Waals surface area contributed by atoms with E-state index in [2.05, 4.69) is 96.3 Å². The van der Waals surface area contributed by atoms with E-state index in [1.165, 1.54) is 16.7 Å². The lowest BCUT2D eigenvalue weighted by Crippen LogP contribution is -2.45. The average Bonchev–Trinajstić information content (AvgIpc) is 2.80. The van der Waals surface area contributed by atoms with Crippen LogP contribution in [0.4, 0.5) is 0 Å². The number of hydrogen-bond donors (Lipinski definition) is 3. The van der Waals surface area contributed by atoms with Crippen molar-refractivity contribution in [2.45, 2.75) is 37.3 Å². The first-order chi connectivity index (χ1) is 14.3. The lowest BCUT2D eigenvalue weighted by atomic mass is 9.77. The molecule has 0 aromatic heterocycles. The van der Waals surface area contributed by atoms with Gasteiger partial charge in [0.2, 0.25) is 0 Å². The Balaban J connectivity index is 1.91. The summed E-state index contributed by atoms with van der Waals surface area (Å²) < 4.78 is 0.